The fraction of sp³-hybridized carbons (Fsp3) is 0.0952. The molecule has 0 spiro atoms. The molecule has 0 aliphatic rings. The summed E-state index contributed by atoms with van der Waals surface area (Å²) in [6, 6.07) is 26.1. The maximum absolute atomic E-state index is 12.5. The highest BCUT2D eigenvalue weighted by Gasteiger charge is 2.26. The summed E-state index contributed by atoms with van der Waals surface area (Å²) in [5, 5.41) is 2.71. The molecule has 0 saturated carbocycles. The van der Waals surface area contributed by atoms with Crippen LogP contribution in [-0.2, 0) is 0 Å². The summed E-state index contributed by atoms with van der Waals surface area (Å²) in [5.74, 6) is 0.0743. The first-order valence-corrected chi connectivity index (χ1v) is 11.7. The molecule has 0 atom stereocenters. The third kappa shape index (κ3) is 3.42. The van der Waals surface area contributed by atoms with Crippen molar-refractivity contribution in [2.24, 2.45) is 0 Å². The monoisotopic (exact) mass is 394 g/mol. The molecule has 0 fully saturated rings. The van der Waals surface area contributed by atoms with Crippen LogP contribution < -0.4 is 10.4 Å². The van der Waals surface area contributed by atoms with Crippen LogP contribution >= 0.6 is 15.9 Å². The molecule has 120 valence electrons. The van der Waals surface area contributed by atoms with Crippen LogP contribution in [0.2, 0.25) is 13.1 Å². The standard InChI is InChI=1S/C21H19BrOSi/c1-24(2,20-14-10-18(22)11-15-20)19-12-8-17(9-13-19)21(23)16-6-4-3-5-7-16/h3-15H,1-2H3. The minimum Gasteiger partial charge on any atom is -0.289 e. The van der Waals surface area contributed by atoms with Crippen LogP contribution in [0.5, 0.6) is 0 Å². The third-order valence-corrected chi connectivity index (χ3v) is 8.55. The number of benzene rings is 3. The maximum Gasteiger partial charge on any atom is 0.193 e. The minimum atomic E-state index is -1.75. The second-order valence-electron chi connectivity index (χ2n) is 6.40. The van der Waals surface area contributed by atoms with Crippen LogP contribution in [0.3, 0.4) is 0 Å². The van der Waals surface area contributed by atoms with Gasteiger partial charge in [-0.2, -0.15) is 0 Å². The van der Waals surface area contributed by atoms with Crippen molar-refractivity contribution in [1.29, 1.82) is 0 Å². The first-order chi connectivity index (χ1) is 11.5. The van der Waals surface area contributed by atoms with E-state index in [9.17, 15) is 4.79 Å². The van der Waals surface area contributed by atoms with E-state index in [0.29, 0.717) is 0 Å². The van der Waals surface area contributed by atoms with Crippen LogP contribution in [0.1, 0.15) is 15.9 Å². The number of carbonyl (C=O) groups excluding carboxylic acids is 1. The minimum absolute atomic E-state index is 0.0743. The highest BCUT2D eigenvalue weighted by Crippen LogP contribution is 2.13. The van der Waals surface area contributed by atoms with Crippen LogP contribution in [0.15, 0.2) is 83.3 Å². The molecule has 0 saturated heterocycles. The molecule has 0 radical (unpaired) electrons. The van der Waals surface area contributed by atoms with Gasteiger partial charge in [-0.1, -0.05) is 106 Å². The van der Waals surface area contributed by atoms with E-state index in [-0.39, 0.29) is 5.78 Å². The van der Waals surface area contributed by atoms with Gasteiger partial charge in [-0.15, -0.1) is 0 Å². The number of carbonyl (C=O) groups is 1. The first-order valence-electron chi connectivity index (χ1n) is 7.95. The third-order valence-electron chi connectivity index (χ3n) is 4.47. The smallest absolute Gasteiger partial charge is 0.193 e. The lowest BCUT2D eigenvalue weighted by atomic mass is 10.0. The average molecular weight is 395 g/mol. The van der Waals surface area contributed by atoms with E-state index in [1.165, 1.54) is 10.4 Å². The van der Waals surface area contributed by atoms with E-state index in [1.54, 1.807) is 0 Å². The van der Waals surface area contributed by atoms with E-state index in [2.05, 4.69) is 65.4 Å². The molecule has 0 aliphatic carbocycles. The number of ketones is 1. The Morgan fingerprint density at radius 3 is 1.71 bits per heavy atom. The Morgan fingerprint density at radius 2 is 1.17 bits per heavy atom. The molecule has 0 aliphatic heterocycles. The van der Waals surface area contributed by atoms with Crippen LogP contribution in [0.4, 0.5) is 0 Å². The van der Waals surface area contributed by atoms with Gasteiger partial charge in [0.15, 0.2) is 5.78 Å². The van der Waals surface area contributed by atoms with E-state index in [1.807, 2.05) is 42.5 Å². The Balaban J connectivity index is 1.89. The normalized spacial score (nSPS) is 11.3. The van der Waals surface area contributed by atoms with E-state index >= 15 is 0 Å². The van der Waals surface area contributed by atoms with Crippen molar-refractivity contribution in [1.82, 2.24) is 0 Å². The van der Waals surface area contributed by atoms with E-state index in [4.69, 9.17) is 0 Å². The van der Waals surface area contributed by atoms with Crippen molar-refractivity contribution in [3.63, 3.8) is 0 Å². The van der Waals surface area contributed by atoms with Crippen LogP contribution in [-0.4, -0.2) is 13.9 Å². The summed E-state index contributed by atoms with van der Waals surface area (Å²) >= 11 is 3.49. The zero-order valence-electron chi connectivity index (χ0n) is 13.8. The van der Waals surface area contributed by atoms with Crippen LogP contribution in [0, 0.1) is 0 Å². The number of hydrogen-bond acceptors (Lipinski definition) is 1. The summed E-state index contributed by atoms with van der Waals surface area (Å²) in [5.41, 5.74) is 1.47. The molecule has 3 heteroatoms. The molecule has 0 unspecified atom stereocenters. The SMILES string of the molecule is C[Si](C)(c1ccc(Br)cc1)c1ccc(C(=O)c2ccccc2)cc1. The summed E-state index contributed by atoms with van der Waals surface area (Å²) in [6.07, 6.45) is 0. The average Bonchev–Trinajstić information content (AvgIpc) is 2.62. The molecule has 3 aromatic carbocycles. The summed E-state index contributed by atoms with van der Waals surface area (Å²) < 4.78 is 1.10. The Kier molecular flexibility index (Phi) is 4.83. The summed E-state index contributed by atoms with van der Waals surface area (Å²) in [7, 11) is -1.75. The van der Waals surface area contributed by atoms with Gasteiger partial charge in [0.1, 0.15) is 8.07 Å². The zero-order chi connectivity index (χ0) is 17.2. The van der Waals surface area contributed by atoms with Crippen molar-refractivity contribution < 1.29 is 4.79 Å². The van der Waals surface area contributed by atoms with E-state index in [0.717, 1.165) is 15.6 Å². The van der Waals surface area contributed by atoms with Gasteiger partial charge in [-0.3, -0.25) is 4.79 Å². The Morgan fingerprint density at radius 1 is 0.708 bits per heavy atom. The number of halogens is 1. The number of hydrogen-bond donors (Lipinski definition) is 0. The lowest BCUT2D eigenvalue weighted by Gasteiger charge is -2.24. The fourth-order valence-corrected chi connectivity index (χ4v) is 5.43. The predicted octanol–water partition coefficient (Wildman–Crippen LogP) is 4.50. The van der Waals surface area contributed by atoms with Crippen molar-refractivity contribution in [2.75, 3.05) is 0 Å². The molecule has 0 N–H and O–H groups in total. The van der Waals surface area contributed by atoms with Gasteiger partial charge < -0.3 is 0 Å². The van der Waals surface area contributed by atoms with E-state index < -0.39 is 8.07 Å². The Bertz CT molecular complexity index is 837. The highest BCUT2D eigenvalue weighted by atomic mass is 79.9. The predicted molar refractivity (Wildman–Crippen MR) is 107 cm³/mol. The molecule has 0 heterocycles. The largest absolute Gasteiger partial charge is 0.289 e. The molecule has 0 aromatic heterocycles. The fourth-order valence-electron chi connectivity index (χ4n) is 2.83. The molecule has 0 amide bonds. The molecule has 3 aromatic rings. The molecular weight excluding hydrogens is 376 g/mol. The van der Waals surface area contributed by atoms with Gasteiger partial charge in [-0.05, 0) is 12.1 Å². The topological polar surface area (TPSA) is 17.1 Å². The molecular formula is C21H19BrOSi. The summed E-state index contributed by atoms with van der Waals surface area (Å²) in [4.78, 5) is 12.5. The lowest BCUT2D eigenvalue weighted by molar-refractivity contribution is 0.103. The maximum atomic E-state index is 12.5. The summed E-state index contributed by atoms with van der Waals surface area (Å²) in [6.45, 7) is 4.68. The molecule has 1 nitrogen and oxygen atoms in total. The van der Waals surface area contributed by atoms with Gasteiger partial charge in [0, 0.05) is 15.6 Å². The van der Waals surface area contributed by atoms with Crippen molar-refractivity contribution in [3.05, 3.63) is 94.5 Å². The zero-order valence-corrected chi connectivity index (χ0v) is 16.4. The molecule has 0 bridgehead atoms. The van der Waals surface area contributed by atoms with Crippen molar-refractivity contribution >= 4 is 40.2 Å². The first kappa shape index (κ1) is 16.9. The van der Waals surface area contributed by atoms with Crippen molar-refractivity contribution in [3.8, 4) is 0 Å². The number of rotatable bonds is 4. The second kappa shape index (κ2) is 6.87. The molecule has 24 heavy (non-hydrogen) atoms. The van der Waals surface area contributed by atoms with Crippen molar-refractivity contribution in [2.45, 2.75) is 13.1 Å². The van der Waals surface area contributed by atoms with Crippen LogP contribution in [0.25, 0.3) is 0 Å². The van der Waals surface area contributed by atoms with Gasteiger partial charge in [-0.25, -0.2) is 0 Å². The Labute approximate surface area is 152 Å². The Hall–Kier alpha value is -1.97. The van der Waals surface area contributed by atoms with Gasteiger partial charge in [0.2, 0.25) is 0 Å². The van der Waals surface area contributed by atoms with Gasteiger partial charge in [0.25, 0.3) is 0 Å². The lowest BCUT2D eigenvalue weighted by Crippen LogP contribution is -2.52. The quantitative estimate of drug-likeness (QED) is 0.470. The highest BCUT2D eigenvalue weighted by molar-refractivity contribution is 9.10. The van der Waals surface area contributed by atoms with Gasteiger partial charge >= 0.3 is 0 Å². The van der Waals surface area contributed by atoms with Gasteiger partial charge in [0.05, 0.1) is 0 Å². The molecule has 3 rings (SSSR count). The second-order valence-corrected chi connectivity index (χ2v) is 11.7.